The monoisotopic (exact) mass is 411 g/mol. The van der Waals surface area contributed by atoms with Crippen LogP contribution >= 0.6 is 0 Å². The van der Waals surface area contributed by atoms with Gasteiger partial charge < -0.3 is 10.2 Å². The summed E-state index contributed by atoms with van der Waals surface area (Å²) in [7, 11) is -3.53. The highest BCUT2D eigenvalue weighted by Gasteiger charge is 2.31. The zero-order chi connectivity index (χ0) is 20.7. The Kier molecular flexibility index (Phi) is 7.97. The van der Waals surface area contributed by atoms with E-state index in [1.165, 1.54) is 4.31 Å². The van der Waals surface area contributed by atoms with Crippen molar-refractivity contribution in [2.24, 2.45) is 0 Å². The van der Waals surface area contributed by atoms with Gasteiger partial charge in [-0.25, -0.2) is 13.2 Å². The number of imide groups is 1. The van der Waals surface area contributed by atoms with Gasteiger partial charge >= 0.3 is 6.03 Å². The van der Waals surface area contributed by atoms with Crippen LogP contribution in [-0.2, 0) is 14.8 Å². The van der Waals surface area contributed by atoms with Crippen LogP contribution < -0.4 is 15.5 Å². The van der Waals surface area contributed by atoms with Crippen molar-refractivity contribution < 1.29 is 22.9 Å². The van der Waals surface area contributed by atoms with E-state index in [0.717, 1.165) is 16.9 Å². The van der Waals surface area contributed by atoms with Crippen molar-refractivity contribution in [1.82, 2.24) is 14.9 Å². The van der Waals surface area contributed by atoms with Gasteiger partial charge in [-0.1, -0.05) is 26.0 Å². The van der Waals surface area contributed by atoms with Crippen molar-refractivity contribution in [2.45, 2.75) is 38.0 Å². The molecule has 0 saturated carbocycles. The lowest BCUT2D eigenvalue weighted by atomic mass is 9.99. The first-order valence-electron chi connectivity index (χ1n) is 9.79. The van der Waals surface area contributed by atoms with Crippen LogP contribution in [0.5, 0.6) is 0 Å². The molecule has 1 atom stereocenters. The van der Waals surface area contributed by atoms with Crippen molar-refractivity contribution >= 4 is 22.0 Å². The van der Waals surface area contributed by atoms with Gasteiger partial charge in [0.05, 0.1) is 31.1 Å². The van der Waals surface area contributed by atoms with Crippen molar-refractivity contribution in [1.29, 1.82) is 0 Å². The van der Waals surface area contributed by atoms with E-state index in [2.05, 4.69) is 24.5 Å². The Bertz CT molecular complexity index is 772. The van der Waals surface area contributed by atoms with E-state index >= 15 is 0 Å². The molecule has 156 valence electrons. The summed E-state index contributed by atoms with van der Waals surface area (Å²) in [5.74, 6) is 0.0346. The van der Waals surface area contributed by atoms with Crippen molar-refractivity contribution in [2.75, 3.05) is 39.3 Å². The number of carbonyl (C=O) groups excluding carboxylic acids is 2. The molecule has 1 aliphatic heterocycles. The second kappa shape index (κ2) is 9.99. The summed E-state index contributed by atoms with van der Waals surface area (Å²) in [6, 6.07) is 6.61. The molecule has 0 aliphatic carbocycles. The second-order valence-corrected chi connectivity index (χ2v) is 9.05. The average Bonchev–Trinajstić information content (AvgIpc) is 2.68. The van der Waals surface area contributed by atoms with Crippen molar-refractivity contribution in [3.63, 3.8) is 0 Å². The maximum atomic E-state index is 12.9. The van der Waals surface area contributed by atoms with Crippen LogP contribution in [0.15, 0.2) is 29.2 Å². The third-order valence-corrected chi connectivity index (χ3v) is 7.04. The highest BCUT2D eigenvalue weighted by atomic mass is 32.2. The molecule has 1 aromatic rings. The lowest BCUT2D eigenvalue weighted by Crippen LogP contribution is -3.15. The molecule has 1 heterocycles. The number of rotatable bonds is 7. The number of quaternary nitrogens is 1. The van der Waals surface area contributed by atoms with Gasteiger partial charge in [-0.15, -0.1) is 0 Å². The first-order chi connectivity index (χ1) is 13.3. The zero-order valence-electron chi connectivity index (χ0n) is 16.8. The molecule has 0 bridgehead atoms. The Morgan fingerprint density at radius 3 is 2.29 bits per heavy atom. The molecule has 0 unspecified atom stereocenters. The van der Waals surface area contributed by atoms with Gasteiger partial charge in [-0.3, -0.25) is 10.1 Å². The Morgan fingerprint density at radius 2 is 1.75 bits per heavy atom. The van der Waals surface area contributed by atoms with Crippen LogP contribution in [0.2, 0.25) is 0 Å². The molecule has 2 rings (SSSR count). The summed E-state index contributed by atoms with van der Waals surface area (Å²) in [4.78, 5) is 24.5. The van der Waals surface area contributed by atoms with Crippen LogP contribution in [-0.4, -0.2) is 63.9 Å². The molecule has 0 spiro atoms. The van der Waals surface area contributed by atoms with Crippen LogP contribution in [0.1, 0.15) is 38.7 Å². The number of nitrogens with one attached hydrogen (secondary N) is 3. The Hall–Kier alpha value is -1.97. The number of hydrogen-bond donors (Lipinski definition) is 3. The predicted octanol–water partition coefficient (Wildman–Crippen LogP) is -0.0650. The molecule has 1 saturated heterocycles. The van der Waals surface area contributed by atoms with Gasteiger partial charge in [0, 0.05) is 6.54 Å². The summed E-state index contributed by atoms with van der Waals surface area (Å²) in [6.45, 7) is 8.32. The van der Waals surface area contributed by atoms with Crippen molar-refractivity contribution in [3.8, 4) is 0 Å². The lowest BCUT2D eigenvalue weighted by Gasteiger charge is -2.31. The van der Waals surface area contributed by atoms with Crippen LogP contribution in [0.4, 0.5) is 4.79 Å². The Balaban J connectivity index is 1.91. The molecule has 3 N–H and O–H groups in total. The highest BCUT2D eigenvalue weighted by Crippen LogP contribution is 2.22. The summed E-state index contributed by atoms with van der Waals surface area (Å²) < 4.78 is 27.2. The van der Waals surface area contributed by atoms with Gasteiger partial charge in [0.2, 0.25) is 10.0 Å². The van der Waals surface area contributed by atoms with Gasteiger partial charge in [0.25, 0.3) is 5.91 Å². The smallest absolute Gasteiger partial charge is 0.321 e. The molecule has 3 amide bonds. The maximum Gasteiger partial charge on any atom is 0.321 e. The van der Waals surface area contributed by atoms with E-state index in [9.17, 15) is 18.0 Å². The normalized spacial score (nSPS) is 17.1. The van der Waals surface area contributed by atoms with E-state index in [4.69, 9.17) is 0 Å². The first-order valence-corrected chi connectivity index (χ1v) is 11.2. The lowest BCUT2D eigenvalue weighted by molar-refractivity contribution is -0.895. The molecule has 0 aromatic heterocycles. The summed E-state index contributed by atoms with van der Waals surface area (Å²) in [5, 5.41) is 4.78. The number of benzene rings is 1. The largest absolute Gasteiger partial charge is 0.338 e. The minimum absolute atomic E-state index is 0.147. The standard InChI is InChI=1S/C19H30N4O4S/c1-4-15(3)16-6-8-17(9-7-16)28(26,27)23-12-10-22(11-13-23)14-18(24)21-19(25)20-5-2/h6-9,15H,4-5,10-14H2,1-3H3,(H2,20,21,24,25)/p+1/t15-/m0/s1. The summed E-state index contributed by atoms with van der Waals surface area (Å²) in [5.41, 5.74) is 1.13. The third-order valence-electron chi connectivity index (χ3n) is 5.13. The molecule has 9 heteroatoms. The average molecular weight is 412 g/mol. The number of piperazine rings is 1. The molecule has 28 heavy (non-hydrogen) atoms. The van der Waals surface area contributed by atoms with Crippen LogP contribution in [0, 0.1) is 0 Å². The fourth-order valence-corrected chi connectivity index (χ4v) is 4.62. The van der Waals surface area contributed by atoms with Crippen LogP contribution in [0.25, 0.3) is 0 Å². The number of sulfonamides is 1. The number of amides is 3. The number of hydrogen-bond acceptors (Lipinski definition) is 4. The Morgan fingerprint density at radius 1 is 1.14 bits per heavy atom. The van der Waals surface area contributed by atoms with E-state index in [0.29, 0.717) is 43.5 Å². The fourth-order valence-electron chi connectivity index (χ4n) is 3.18. The predicted molar refractivity (Wildman–Crippen MR) is 107 cm³/mol. The van der Waals surface area contributed by atoms with E-state index < -0.39 is 16.1 Å². The number of nitrogens with zero attached hydrogens (tertiary/aromatic N) is 1. The zero-order valence-corrected chi connectivity index (χ0v) is 17.6. The van der Waals surface area contributed by atoms with E-state index in [1.807, 2.05) is 12.1 Å². The van der Waals surface area contributed by atoms with E-state index in [-0.39, 0.29) is 12.5 Å². The molecular weight excluding hydrogens is 380 g/mol. The minimum atomic E-state index is -3.53. The molecular formula is C19H31N4O4S+. The molecule has 0 radical (unpaired) electrons. The Labute approximate surface area is 167 Å². The van der Waals surface area contributed by atoms with Gasteiger partial charge in [0.1, 0.15) is 0 Å². The topological polar surface area (TPSA) is 100 Å². The first kappa shape index (κ1) is 22.3. The quantitative estimate of drug-likeness (QED) is 0.585. The van der Waals surface area contributed by atoms with Crippen LogP contribution in [0.3, 0.4) is 0 Å². The fraction of sp³-hybridized carbons (Fsp3) is 0.579. The van der Waals surface area contributed by atoms with Crippen molar-refractivity contribution in [3.05, 3.63) is 29.8 Å². The molecule has 1 fully saturated rings. The SMILES string of the molecule is CCNC(=O)NC(=O)C[NH+]1CCN(S(=O)(=O)c2ccc([C@@H](C)CC)cc2)CC1. The maximum absolute atomic E-state index is 12.9. The van der Waals surface area contributed by atoms with Gasteiger partial charge in [-0.05, 0) is 37.0 Å². The van der Waals surface area contributed by atoms with Gasteiger partial charge in [0.15, 0.2) is 6.54 Å². The van der Waals surface area contributed by atoms with E-state index in [1.54, 1.807) is 19.1 Å². The number of urea groups is 1. The third kappa shape index (κ3) is 5.76. The summed E-state index contributed by atoms with van der Waals surface area (Å²) in [6.07, 6.45) is 1.00. The molecule has 8 nitrogen and oxygen atoms in total. The van der Waals surface area contributed by atoms with Gasteiger partial charge in [-0.2, -0.15) is 4.31 Å². The number of carbonyl (C=O) groups is 2. The highest BCUT2D eigenvalue weighted by molar-refractivity contribution is 7.89. The molecule has 1 aromatic carbocycles. The second-order valence-electron chi connectivity index (χ2n) is 7.12. The molecule has 1 aliphatic rings. The summed E-state index contributed by atoms with van der Waals surface area (Å²) >= 11 is 0. The minimum Gasteiger partial charge on any atom is -0.338 e.